The van der Waals surface area contributed by atoms with E-state index in [2.05, 4.69) is 46.6 Å². The lowest BCUT2D eigenvalue weighted by atomic mass is 9.83. The first-order chi connectivity index (χ1) is 17.9. The molecule has 0 saturated carbocycles. The molecule has 1 fully saturated rings. The molecule has 8 nitrogen and oxygen atoms in total. The summed E-state index contributed by atoms with van der Waals surface area (Å²) in [4.78, 5) is 41.3. The average molecular weight is 585 g/mol. The third-order valence-corrected chi connectivity index (χ3v) is 7.35. The maximum Gasteiger partial charge on any atom is 0.339 e. The molecule has 202 valence electrons. The highest BCUT2D eigenvalue weighted by Gasteiger charge is 2.32. The Kier molecular flexibility index (Phi) is 8.28. The average Bonchev–Trinajstić information content (AvgIpc) is 2.84. The van der Waals surface area contributed by atoms with Crippen LogP contribution in [-0.4, -0.2) is 38.6 Å². The van der Waals surface area contributed by atoms with E-state index in [1.807, 2.05) is 24.3 Å². The zero-order valence-corrected chi connectivity index (χ0v) is 23.7. The number of carboxylic acid groups (broad SMARTS) is 1. The number of aromatic nitrogens is 2. The van der Waals surface area contributed by atoms with Crippen LogP contribution in [0.25, 0.3) is 0 Å². The van der Waals surface area contributed by atoms with Crippen LogP contribution in [0.2, 0.25) is 0 Å². The number of piperidine rings is 1. The first kappa shape index (κ1) is 27.9. The number of H-pyrrole nitrogens is 1. The van der Waals surface area contributed by atoms with Gasteiger partial charge in [0.25, 0.3) is 5.56 Å². The van der Waals surface area contributed by atoms with Gasteiger partial charge in [0.2, 0.25) is 0 Å². The van der Waals surface area contributed by atoms with Crippen molar-refractivity contribution in [3.63, 3.8) is 0 Å². The van der Waals surface area contributed by atoms with Crippen molar-refractivity contribution in [2.24, 2.45) is 5.41 Å². The normalized spacial score (nSPS) is 17.2. The quantitative estimate of drug-likeness (QED) is 0.358. The zero-order chi connectivity index (χ0) is 27.6. The third-order valence-electron chi connectivity index (χ3n) is 6.86. The summed E-state index contributed by atoms with van der Waals surface area (Å²) < 4.78 is 8.56. The van der Waals surface area contributed by atoms with E-state index < -0.39 is 11.7 Å². The van der Waals surface area contributed by atoms with Gasteiger partial charge in [-0.1, -0.05) is 48.8 Å². The van der Waals surface area contributed by atoms with Gasteiger partial charge in [-0.15, -0.1) is 0 Å². The minimum absolute atomic E-state index is 0.0141. The van der Waals surface area contributed by atoms with Crippen molar-refractivity contribution in [1.29, 1.82) is 0 Å². The van der Waals surface area contributed by atoms with E-state index in [9.17, 15) is 19.5 Å². The molecule has 0 radical (unpaired) electrons. The number of carbonyl (C=O) groups is 1. The molecule has 4 rings (SSSR count). The molecule has 1 aromatic heterocycles. The van der Waals surface area contributed by atoms with Gasteiger partial charge >= 0.3 is 11.7 Å². The Morgan fingerprint density at radius 3 is 2.66 bits per heavy atom. The molecule has 2 heterocycles. The Hall–Kier alpha value is -3.17. The fourth-order valence-corrected chi connectivity index (χ4v) is 5.43. The third kappa shape index (κ3) is 6.63. The van der Waals surface area contributed by atoms with Gasteiger partial charge in [-0.3, -0.25) is 19.2 Å². The molecule has 0 spiro atoms. The maximum absolute atomic E-state index is 12.6. The van der Waals surface area contributed by atoms with E-state index >= 15 is 0 Å². The number of nitrogens with zero attached hydrogens (tertiary/aromatic N) is 2. The number of nitrogens with one attached hydrogen (secondary N) is 1. The van der Waals surface area contributed by atoms with E-state index in [0.717, 1.165) is 35.8 Å². The van der Waals surface area contributed by atoms with Gasteiger partial charge in [-0.25, -0.2) is 9.59 Å². The fourth-order valence-electron chi connectivity index (χ4n) is 5.05. The highest BCUT2D eigenvalue weighted by atomic mass is 79.9. The summed E-state index contributed by atoms with van der Waals surface area (Å²) in [6.07, 6.45) is 4.20. The highest BCUT2D eigenvalue weighted by molar-refractivity contribution is 9.10. The lowest BCUT2D eigenvalue weighted by Gasteiger charge is -2.41. The number of likely N-dealkylation sites (tertiary alicyclic amines) is 1. The second-order valence-electron chi connectivity index (χ2n) is 11.2. The molecule has 2 unspecified atom stereocenters. The maximum atomic E-state index is 12.6. The molecule has 2 atom stereocenters. The fraction of sp³-hybridized carbons (Fsp3) is 0.414. The monoisotopic (exact) mass is 583 g/mol. The summed E-state index contributed by atoms with van der Waals surface area (Å²) in [7, 11) is 0. The molecule has 2 aromatic carbocycles. The summed E-state index contributed by atoms with van der Waals surface area (Å²) in [6, 6.07) is 12.5. The lowest BCUT2D eigenvalue weighted by Crippen LogP contribution is -2.44. The Labute approximate surface area is 230 Å². The van der Waals surface area contributed by atoms with Crippen molar-refractivity contribution >= 4 is 21.9 Å². The van der Waals surface area contributed by atoms with Crippen molar-refractivity contribution in [3.05, 3.63) is 90.7 Å². The van der Waals surface area contributed by atoms with Crippen LogP contribution in [0.15, 0.2) is 62.7 Å². The number of hydrogen-bond acceptors (Lipinski definition) is 5. The SMILES string of the molecule is Cc1cn(C2CCCN(C(CC(C)(C)C)c3ccc(C(=O)O)c(Oc4cccc(Br)c4)c3)C2)c(=O)[nH]c1=O. The van der Waals surface area contributed by atoms with Gasteiger partial charge in [0, 0.05) is 28.8 Å². The largest absolute Gasteiger partial charge is 0.478 e. The number of aromatic carboxylic acids is 1. The van der Waals surface area contributed by atoms with Crippen molar-refractivity contribution in [2.75, 3.05) is 13.1 Å². The van der Waals surface area contributed by atoms with Gasteiger partial charge in [0.05, 0.1) is 6.04 Å². The molecule has 3 aromatic rings. The highest BCUT2D eigenvalue weighted by Crippen LogP contribution is 2.39. The molecule has 0 bridgehead atoms. The molecule has 2 N–H and O–H groups in total. The van der Waals surface area contributed by atoms with Crippen LogP contribution in [0.1, 0.15) is 73.6 Å². The van der Waals surface area contributed by atoms with Crippen LogP contribution < -0.4 is 16.0 Å². The van der Waals surface area contributed by atoms with E-state index in [0.29, 0.717) is 17.9 Å². The predicted molar refractivity (Wildman–Crippen MR) is 150 cm³/mol. The van der Waals surface area contributed by atoms with Gasteiger partial charge in [0.1, 0.15) is 17.1 Å². The molecule has 0 aliphatic carbocycles. The molecule has 0 amide bonds. The smallest absolute Gasteiger partial charge is 0.339 e. The van der Waals surface area contributed by atoms with E-state index in [1.54, 1.807) is 35.9 Å². The predicted octanol–water partition coefficient (Wildman–Crippen LogP) is 5.91. The van der Waals surface area contributed by atoms with Crippen LogP contribution in [0.5, 0.6) is 11.5 Å². The summed E-state index contributed by atoms with van der Waals surface area (Å²) in [5.41, 5.74) is 0.790. The van der Waals surface area contributed by atoms with Crippen molar-refractivity contribution in [3.8, 4) is 11.5 Å². The number of aromatic amines is 1. The van der Waals surface area contributed by atoms with E-state index in [1.165, 1.54) is 0 Å². The number of benzene rings is 2. The number of halogens is 1. The van der Waals surface area contributed by atoms with Gasteiger partial charge < -0.3 is 9.84 Å². The summed E-state index contributed by atoms with van der Waals surface area (Å²) in [5, 5.41) is 9.83. The second-order valence-corrected chi connectivity index (χ2v) is 12.1. The second kappa shape index (κ2) is 11.3. The van der Waals surface area contributed by atoms with Crippen LogP contribution in [0.3, 0.4) is 0 Å². The molecular formula is C29H34BrN3O5. The van der Waals surface area contributed by atoms with Gasteiger partial charge in [0.15, 0.2) is 0 Å². The summed E-state index contributed by atoms with van der Waals surface area (Å²) in [5.74, 6) is -0.231. The minimum Gasteiger partial charge on any atom is -0.478 e. The Morgan fingerprint density at radius 1 is 1.21 bits per heavy atom. The Morgan fingerprint density at radius 2 is 1.97 bits per heavy atom. The number of rotatable bonds is 7. The van der Waals surface area contributed by atoms with E-state index in [-0.39, 0.29) is 34.4 Å². The number of carboxylic acids is 1. The lowest BCUT2D eigenvalue weighted by molar-refractivity contribution is 0.0693. The van der Waals surface area contributed by atoms with Crippen LogP contribution in [-0.2, 0) is 0 Å². The van der Waals surface area contributed by atoms with Crippen molar-refractivity contribution < 1.29 is 14.6 Å². The van der Waals surface area contributed by atoms with Gasteiger partial charge in [-0.05, 0) is 74.0 Å². The van der Waals surface area contributed by atoms with Crippen LogP contribution >= 0.6 is 15.9 Å². The summed E-state index contributed by atoms with van der Waals surface area (Å²) in [6.45, 7) is 9.73. The topological polar surface area (TPSA) is 105 Å². The van der Waals surface area contributed by atoms with Crippen molar-refractivity contribution in [1.82, 2.24) is 14.5 Å². The molecule has 38 heavy (non-hydrogen) atoms. The number of aryl methyl sites for hydroxylation is 1. The first-order valence-electron chi connectivity index (χ1n) is 12.8. The molecule has 9 heteroatoms. The Bertz CT molecular complexity index is 1440. The molecule has 1 aliphatic heterocycles. The Balaban J connectivity index is 1.71. The number of hydrogen-bond donors (Lipinski definition) is 2. The number of ether oxygens (including phenoxy) is 1. The standard InChI is InChI=1S/C29H34BrN3O5/c1-18-16-33(28(37)31-26(18)34)21-8-6-12-32(17-21)24(15-29(2,3)4)19-10-11-23(27(35)36)25(13-19)38-22-9-5-7-20(30)14-22/h5,7,9-11,13-14,16,21,24H,6,8,12,15,17H2,1-4H3,(H,35,36)(H,31,34,37). The minimum atomic E-state index is -1.06. The molecule has 1 aliphatic rings. The van der Waals surface area contributed by atoms with Crippen molar-refractivity contribution in [2.45, 2.75) is 59.0 Å². The summed E-state index contributed by atoms with van der Waals surface area (Å²) >= 11 is 3.44. The van der Waals surface area contributed by atoms with Crippen LogP contribution in [0.4, 0.5) is 0 Å². The molecular weight excluding hydrogens is 550 g/mol. The first-order valence-corrected chi connectivity index (χ1v) is 13.6. The van der Waals surface area contributed by atoms with E-state index in [4.69, 9.17) is 4.74 Å². The van der Waals surface area contributed by atoms with Gasteiger partial charge in [-0.2, -0.15) is 0 Å². The molecule has 1 saturated heterocycles. The zero-order valence-electron chi connectivity index (χ0n) is 22.2. The van der Waals surface area contributed by atoms with Crippen LogP contribution in [0, 0.1) is 12.3 Å².